The van der Waals surface area contributed by atoms with Crippen LogP contribution in [0.2, 0.25) is 5.02 Å². The number of furan rings is 1. The third-order valence-electron chi connectivity index (χ3n) is 4.66. The van der Waals surface area contributed by atoms with Gasteiger partial charge in [0, 0.05) is 16.8 Å². The van der Waals surface area contributed by atoms with Crippen LogP contribution < -0.4 is 4.90 Å². The number of carbonyl (C=O) groups excluding carboxylic acids is 2. The average Bonchev–Trinajstić information content (AvgIpc) is 3.30. The van der Waals surface area contributed by atoms with Crippen molar-refractivity contribution in [2.45, 2.75) is 16.8 Å². The fraction of sp³-hybridized carbons (Fsp3) is 0.0952. The van der Waals surface area contributed by atoms with Crippen molar-refractivity contribution in [1.29, 1.82) is 0 Å². The SMILES string of the molecule is O=C1CC(Sc2nncc(-c3cc4ccccc4o3)n2)C(=O)N1c1ccc(Cl)cc1. The highest BCUT2D eigenvalue weighted by Crippen LogP contribution is 2.34. The second-order valence-corrected chi connectivity index (χ2v) is 8.23. The van der Waals surface area contributed by atoms with E-state index in [0.717, 1.165) is 22.7 Å². The number of anilines is 1. The van der Waals surface area contributed by atoms with Crippen molar-refractivity contribution >= 4 is 51.8 Å². The van der Waals surface area contributed by atoms with Crippen LogP contribution in [0.3, 0.4) is 0 Å². The minimum atomic E-state index is -0.624. The van der Waals surface area contributed by atoms with E-state index in [1.807, 2.05) is 30.3 Å². The Kier molecular flexibility index (Phi) is 4.72. The Bertz CT molecular complexity index is 1240. The van der Waals surface area contributed by atoms with Crippen molar-refractivity contribution in [3.63, 3.8) is 0 Å². The fourth-order valence-corrected chi connectivity index (χ4v) is 4.31. The molecule has 2 aromatic carbocycles. The quantitative estimate of drug-likeness (QED) is 0.439. The normalized spacial score (nSPS) is 16.6. The van der Waals surface area contributed by atoms with Crippen molar-refractivity contribution < 1.29 is 14.0 Å². The van der Waals surface area contributed by atoms with Crippen LogP contribution >= 0.6 is 23.4 Å². The first-order valence-corrected chi connectivity index (χ1v) is 10.3. The molecule has 5 rings (SSSR count). The van der Waals surface area contributed by atoms with E-state index >= 15 is 0 Å². The van der Waals surface area contributed by atoms with Crippen LogP contribution in [0.4, 0.5) is 5.69 Å². The lowest BCUT2D eigenvalue weighted by Crippen LogP contribution is -2.31. The van der Waals surface area contributed by atoms with Crippen molar-refractivity contribution in [3.8, 4) is 11.5 Å². The van der Waals surface area contributed by atoms with Gasteiger partial charge in [-0.3, -0.25) is 9.59 Å². The topological polar surface area (TPSA) is 89.2 Å². The predicted molar refractivity (Wildman–Crippen MR) is 113 cm³/mol. The minimum Gasteiger partial charge on any atom is -0.454 e. The summed E-state index contributed by atoms with van der Waals surface area (Å²) in [6, 6.07) is 16.1. The van der Waals surface area contributed by atoms with Crippen LogP contribution in [0.15, 0.2) is 70.4 Å². The highest BCUT2D eigenvalue weighted by Gasteiger charge is 2.40. The van der Waals surface area contributed by atoms with E-state index in [-0.39, 0.29) is 18.2 Å². The van der Waals surface area contributed by atoms with Gasteiger partial charge in [0.25, 0.3) is 0 Å². The van der Waals surface area contributed by atoms with Gasteiger partial charge >= 0.3 is 0 Å². The molecule has 0 radical (unpaired) electrons. The largest absolute Gasteiger partial charge is 0.454 e. The molecule has 30 heavy (non-hydrogen) atoms. The van der Waals surface area contributed by atoms with Gasteiger partial charge in [-0.05, 0) is 36.4 Å². The summed E-state index contributed by atoms with van der Waals surface area (Å²) in [6.07, 6.45) is 1.56. The summed E-state index contributed by atoms with van der Waals surface area (Å²) in [6.45, 7) is 0. The number of fused-ring (bicyclic) bond motifs is 1. The van der Waals surface area contributed by atoms with Crippen LogP contribution in [-0.4, -0.2) is 32.2 Å². The van der Waals surface area contributed by atoms with Crippen molar-refractivity contribution in [3.05, 3.63) is 65.8 Å². The predicted octanol–water partition coefficient (Wildman–Crippen LogP) is 4.36. The number of thioether (sulfide) groups is 1. The number of halogens is 1. The van der Waals surface area contributed by atoms with Crippen LogP contribution in [0, 0.1) is 0 Å². The van der Waals surface area contributed by atoms with Crippen molar-refractivity contribution in [1.82, 2.24) is 15.2 Å². The molecule has 1 aliphatic rings. The summed E-state index contributed by atoms with van der Waals surface area (Å²) in [5.74, 6) is -0.0316. The van der Waals surface area contributed by atoms with Gasteiger partial charge in [0.1, 0.15) is 16.5 Å². The summed E-state index contributed by atoms with van der Waals surface area (Å²) in [4.78, 5) is 30.9. The monoisotopic (exact) mass is 436 g/mol. The number of hydrogen-bond donors (Lipinski definition) is 0. The summed E-state index contributed by atoms with van der Waals surface area (Å²) in [7, 11) is 0. The number of imide groups is 1. The minimum absolute atomic E-state index is 0.0599. The van der Waals surface area contributed by atoms with Gasteiger partial charge < -0.3 is 4.42 Å². The second-order valence-electron chi connectivity index (χ2n) is 6.63. The zero-order chi connectivity index (χ0) is 20.7. The first kappa shape index (κ1) is 18.8. The molecular formula is C21H13ClN4O3S. The molecule has 3 heterocycles. The zero-order valence-electron chi connectivity index (χ0n) is 15.4. The Balaban J connectivity index is 1.38. The smallest absolute Gasteiger partial charge is 0.247 e. The average molecular weight is 437 g/mol. The van der Waals surface area contributed by atoms with E-state index in [1.54, 1.807) is 24.3 Å². The molecule has 148 valence electrons. The molecule has 1 atom stereocenters. The number of rotatable bonds is 4. The first-order valence-electron chi connectivity index (χ1n) is 9.06. The lowest BCUT2D eigenvalue weighted by molar-refractivity contribution is -0.121. The molecule has 2 aromatic heterocycles. The van der Waals surface area contributed by atoms with Crippen LogP contribution in [0.25, 0.3) is 22.4 Å². The van der Waals surface area contributed by atoms with Gasteiger partial charge in [0.15, 0.2) is 5.76 Å². The van der Waals surface area contributed by atoms with Gasteiger partial charge in [-0.1, -0.05) is 41.6 Å². The molecule has 0 spiro atoms. The Morgan fingerprint density at radius 2 is 1.90 bits per heavy atom. The van der Waals surface area contributed by atoms with Crippen LogP contribution in [-0.2, 0) is 9.59 Å². The van der Waals surface area contributed by atoms with Gasteiger partial charge in [0.05, 0.1) is 11.9 Å². The van der Waals surface area contributed by atoms with Crippen molar-refractivity contribution in [2.24, 2.45) is 0 Å². The molecule has 0 saturated carbocycles. The van der Waals surface area contributed by atoms with E-state index < -0.39 is 5.25 Å². The fourth-order valence-electron chi connectivity index (χ4n) is 3.25. The number of amides is 2. The highest BCUT2D eigenvalue weighted by atomic mass is 35.5. The van der Waals surface area contributed by atoms with Gasteiger partial charge in [-0.2, -0.15) is 5.10 Å². The molecular weight excluding hydrogens is 424 g/mol. The maximum atomic E-state index is 12.8. The van der Waals surface area contributed by atoms with Crippen molar-refractivity contribution in [2.75, 3.05) is 4.90 Å². The Morgan fingerprint density at radius 3 is 2.70 bits per heavy atom. The standard InChI is InChI=1S/C21H13ClN4O3S/c22-13-5-7-14(8-6-13)26-19(27)10-18(20(26)28)30-21-24-15(11-23-25-21)17-9-12-3-1-2-4-16(12)29-17/h1-9,11,18H,10H2. The summed E-state index contributed by atoms with van der Waals surface area (Å²) >= 11 is 7.01. The maximum Gasteiger partial charge on any atom is 0.247 e. The zero-order valence-corrected chi connectivity index (χ0v) is 16.9. The van der Waals surface area contributed by atoms with Gasteiger partial charge in [-0.25, -0.2) is 9.88 Å². The number of para-hydroxylation sites is 1. The highest BCUT2D eigenvalue weighted by molar-refractivity contribution is 8.00. The molecule has 1 unspecified atom stereocenters. The molecule has 7 nitrogen and oxygen atoms in total. The Labute approximate surface area is 180 Å². The molecule has 0 aliphatic carbocycles. The van der Waals surface area contributed by atoms with Crippen LogP contribution in [0.5, 0.6) is 0 Å². The van der Waals surface area contributed by atoms with E-state index in [9.17, 15) is 9.59 Å². The summed E-state index contributed by atoms with van der Waals surface area (Å²) in [5.41, 5.74) is 1.75. The molecule has 4 aromatic rings. The van der Waals surface area contributed by atoms with Gasteiger partial charge in [-0.15, -0.1) is 5.10 Å². The first-order chi connectivity index (χ1) is 14.6. The third-order valence-corrected chi connectivity index (χ3v) is 5.94. The molecule has 1 aliphatic heterocycles. The molecule has 1 saturated heterocycles. The van der Waals surface area contributed by atoms with E-state index in [0.29, 0.717) is 27.3 Å². The molecule has 2 amide bonds. The van der Waals surface area contributed by atoms with E-state index in [1.165, 1.54) is 11.1 Å². The Hall–Kier alpha value is -3.23. The summed E-state index contributed by atoms with van der Waals surface area (Å²) in [5, 5.41) is 9.16. The van der Waals surface area contributed by atoms with E-state index in [2.05, 4.69) is 15.2 Å². The third kappa shape index (κ3) is 3.44. The molecule has 9 heteroatoms. The lowest BCUT2D eigenvalue weighted by Gasteiger charge is -2.14. The number of hydrogen-bond acceptors (Lipinski definition) is 7. The number of carbonyl (C=O) groups is 2. The maximum absolute atomic E-state index is 12.8. The Morgan fingerprint density at radius 1 is 1.10 bits per heavy atom. The number of aromatic nitrogens is 3. The number of benzene rings is 2. The molecule has 0 bridgehead atoms. The second kappa shape index (κ2) is 7.55. The molecule has 1 fully saturated rings. The molecule has 0 N–H and O–H groups in total. The van der Waals surface area contributed by atoms with Gasteiger partial charge in [0.2, 0.25) is 17.0 Å². The van der Waals surface area contributed by atoms with E-state index in [4.69, 9.17) is 16.0 Å². The van der Waals surface area contributed by atoms with Crippen LogP contribution in [0.1, 0.15) is 6.42 Å². The lowest BCUT2D eigenvalue weighted by atomic mass is 10.2. The summed E-state index contributed by atoms with van der Waals surface area (Å²) < 4.78 is 5.82. The number of nitrogens with zero attached hydrogens (tertiary/aromatic N) is 4.